The number of aromatic nitrogens is 4. The van der Waals surface area contributed by atoms with Crippen LogP contribution in [0.5, 0.6) is 0 Å². The Morgan fingerprint density at radius 1 is 1.20 bits per heavy atom. The number of fused-ring (bicyclic) bond motifs is 1. The highest BCUT2D eigenvalue weighted by Gasteiger charge is 2.60. The Hall–Kier alpha value is -2.80. The van der Waals surface area contributed by atoms with E-state index in [4.69, 9.17) is 0 Å². The number of rotatable bonds is 9. The van der Waals surface area contributed by atoms with Crippen molar-refractivity contribution in [3.05, 3.63) is 16.9 Å². The Morgan fingerprint density at radius 2 is 1.95 bits per heavy atom. The van der Waals surface area contributed by atoms with E-state index in [-0.39, 0.29) is 71.0 Å². The van der Waals surface area contributed by atoms with Crippen molar-refractivity contribution in [1.82, 2.24) is 35.3 Å². The summed E-state index contributed by atoms with van der Waals surface area (Å²) >= 11 is 1.51. The highest BCUT2D eigenvalue weighted by molar-refractivity contribution is 8.03. The van der Waals surface area contributed by atoms with Crippen LogP contribution in [0.3, 0.4) is 0 Å². The molecule has 4 fully saturated rings. The van der Waals surface area contributed by atoms with Gasteiger partial charge in [-0.25, -0.2) is 9.48 Å². The topological polar surface area (TPSA) is 151 Å². The van der Waals surface area contributed by atoms with Crippen molar-refractivity contribution in [1.29, 1.82) is 0 Å². The van der Waals surface area contributed by atoms with Crippen LogP contribution in [0, 0.1) is 17.8 Å². The second kappa shape index (κ2) is 11.1. The lowest BCUT2D eigenvalue weighted by atomic mass is 9.73. The van der Waals surface area contributed by atoms with Crippen molar-refractivity contribution in [2.24, 2.45) is 17.8 Å². The van der Waals surface area contributed by atoms with Gasteiger partial charge in [0.05, 0.1) is 18.0 Å². The highest BCUT2D eigenvalue weighted by Crippen LogP contribution is 2.53. The maximum Gasteiger partial charge on any atom is 0.353 e. The number of aliphatic carboxylic acids is 1. The average molecular weight is 586 g/mol. The number of amides is 2. The van der Waals surface area contributed by atoms with Gasteiger partial charge in [-0.05, 0) is 48.4 Å². The van der Waals surface area contributed by atoms with Crippen molar-refractivity contribution < 1.29 is 24.3 Å². The van der Waals surface area contributed by atoms with Crippen molar-refractivity contribution in [2.75, 3.05) is 13.1 Å². The second-order valence-corrected chi connectivity index (χ2v) is 13.9. The first-order valence-electron chi connectivity index (χ1n) is 14.9. The van der Waals surface area contributed by atoms with Crippen LogP contribution in [0.4, 0.5) is 0 Å². The summed E-state index contributed by atoms with van der Waals surface area (Å²) < 4.78 is 1.35. The minimum Gasteiger partial charge on any atom is -0.477 e. The quantitative estimate of drug-likeness (QED) is 0.411. The summed E-state index contributed by atoms with van der Waals surface area (Å²) in [6.45, 7) is 5.35. The van der Waals surface area contributed by atoms with Crippen LogP contribution >= 0.6 is 11.8 Å². The average Bonchev–Trinajstić information content (AvgIpc) is 3.73. The molecule has 0 aromatic carbocycles. The van der Waals surface area contributed by atoms with Gasteiger partial charge in [0.25, 0.3) is 0 Å². The van der Waals surface area contributed by atoms with E-state index in [2.05, 4.69) is 25.7 Å². The summed E-state index contributed by atoms with van der Waals surface area (Å²) in [7, 11) is 0. The molecule has 2 N–H and O–H groups in total. The van der Waals surface area contributed by atoms with Gasteiger partial charge in [0, 0.05) is 41.1 Å². The summed E-state index contributed by atoms with van der Waals surface area (Å²) in [5, 5.41) is 24.4. The number of hydrogen-bond acceptors (Lipinski definition) is 9. The summed E-state index contributed by atoms with van der Waals surface area (Å²) in [4.78, 5) is 56.2. The molecule has 1 spiro atoms. The molecular formula is C28H39N7O5S. The zero-order chi connectivity index (χ0) is 28.9. The fourth-order valence-electron chi connectivity index (χ4n) is 8.11. The van der Waals surface area contributed by atoms with Crippen molar-refractivity contribution in [2.45, 2.75) is 101 Å². The number of Topliss-reactive ketones (excluding diaryl/α,β-unsaturated/α-hetero) is 1. The molecule has 13 heteroatoms. The van der Waals surface area contributed by atoms with E-state index >= 15 is 0 Å². The molecule has 6 atom stereocenters. The first-order valence-corrected chi connectivity index (χ1v) is 15.8. The summed E-state index contributed by atoms with van der Waals surface area (Å²) in [5.74, 6) is -2.05. The maximum atomic E-state index is 13.7. The second-order valence-electron chi connectivity index (χ2n) is 12.6. The van der Waals surface area contributed by atoms with E-state index in [0.717, 1.165) is 32.2 Å². The molecule has 6 rings (SSSR count). The fourth-order valence-corrected chi connectivity index (χ4v) is 9.59. The molecular weight excluding hydrogens is 546 g/mol. The zero-order valence-corrected chi connectivity index (χ0v) is 24.5. The summed E-state index contributed by atoms with van der Waals surface area (Å²) in [6.07, 6.45) is 10.2. The number of nitrogens with one attached hydrogen (secondary N) is 1. The number of carboxylic acids is 1. The Kier molecular flexibility index (Phi) is 7.68. The van der Waals surface area contributed by atoms with E-state index in [9.17, 15) is 24.3 Å². The van der Waals surface area contributed by atoms with Gasteiger partial charge >= 0.3 is 5.97 Å². The van der Waals surface area contributed by atoms with E-state index in [0.29, 0.717) is 17.9 Å². The number of carboxylic acid groups (broad SMARTS) is 1. The largest absolute Gasteiger partial charge is 0.477 e. The molecule has 4 aliphatic heterocycles. The smallest absolute Gasteiger partial charge is 0.353 e. The first kappa shape index (κ1) is 28.3. The van der Waals surface area contributed by atoms with Gasteiger partial charge in [0.2, 0.25) is 11.8 Å². The third kappa shape index (κ3) is 4.98. The Morgan fingerprint density at radius 3 is 2.66 bits per heavy atom. The number of tetrazole rings is 1. The lowest BCUT2D eigenvalue weighted by molar-refractivity contribution is -0.160. The highest BCUT2D eigenvalue weighted by atomic mass is 32.2. The molecule has 1 unspecified atom stereocenters. The minimum atomic E-state index is -1.11. The number of hydrogen-bond donors (Lipinski definition) is 2. The standard InChI is InChI=1S/C28H39N7O5S/c1-16(11-18(36)14-33-15-30-31-32-33)21-22-17(2)24(23(27(39)40)35(22)26(21)38)41-19-12-20(29-13-19)25(37)34-10-6-9-28(34)7-4-3-5-8-28/h15-17,19-22,29H,3-14H2,1-2H3,(H,39,40)/t16?,17-,19+,20+,21-,22-/m1/s1. The van der Waals surface area contributed by atoms with Crippen molar-refractivity contribution in [3.63, 3.8) is 0 Å². The molecule has 2 amide bonds. The number of β-lactam (4-membered cyclic amide) rings is 1. The molecule has 41 heavy (non-hydrogen) atoms. The van der Waals surface area contributed by atoms with Gasteiger partial charge < -0.3 is 20.2 Å². The molecule has 12 nitrogen and oxygen atoms in total. The number of ketones is 1. The van der Waals surface area contributed by atoms with Gasteiger partial charge in [-0.1, -0.05) is 33.1 Å². The predicted molar refractivity (Wildman–Crippen MR) is 149 cm³/mol. The van der Waals surface area contributed by atoms with Gasteiger partial charge in [0.15, 0.2) is 5.78 Å². The molecule has 1 aromatic heterocycles. The van der Waals surface area contributed by atoms with Crippen LogP contribution < -0.4 is 5.32 Å². The van der Waals surface area contributed by atoms with Crippen LogP contribution in [0.1, 0.15) is 71.6 Å². The number of carbonyl (C=O) groups excluding carboxylic acids is 3. The third-order valence-corrected chi connectivity index (χ3v) is 11.5. The first-order chi connectivity index (χ1) is 19.7. The van der Waals surface area contributed by atoms with Gasteiger partial charge in [-0.3, -0.25) is 14.4 Å². The monoisotopic (exact) mass is 585 g/mol. The van der Waals surface area contributed by atoms with Crippen molar-refractivity contribution >= 4 is 35.3 Å². The summed E-state index contributed by atoms with van der Waals surface area (Å²) in [5.41, 5.74) is 0.101. The number of thioether (sulfide) groups is 1. The number of likely N-dealkylation sites (tertiary alicyclic amines) is 1. The van der Waals surface area contributed by atoms with Crippen LogP contribution in [0.25, 0.3) is 0 Å². The van der Waals surface area contributed by atoms with E-state index < -0.39 is 11.9 Å². The Balaban J connectivity index is 1.10. The predicted octanol–water partition coefficient (Wildman–Crippen LogP) is 1.83. The van der Waals surface area contributed by atoms with Gasteiger partial charge in [0.1, 0.15) is 18.6 Å². The molecule has 222 valence electrons. The van der Waals surface area contributed by atoms with Gasteiger partial charge in [-0.15, -0.1) is 16.9 Å². The molecule has 0 radical (unpaired) electrons. The lowest BCUT2D eigenvalue weighted by Gasteiger charge is -2.47. The Bertz CT molecular complexity index is 1250. The van der Waals surface area contributed by atoms with E-state index in [1.54, 1.807) is 0 Å². The normalized spacial score (nSPS) is 31.5. The third-order valence-electron chi connectivity index (χ3n) is 10.0. The molecule has 1 aliphatic carbocycles. The number of nitrogens with zero attached hydrogens (tertiary/aromatic N) is 6. The van der Waals surface area contributed by atoms with Crippen LogP contribution in [0.15, 0.2) is 16.9 Å². The number of carbonyl (C=O) groups is 4. The van der Waals surface area contributed by atoms with E-state index in [1.807, 2.05) is 13.8 Å². The lowest BCUT2D eigenvalue weighted by Crippen LogP contribution is -2.62. The zero-order valence-electron chi connectivity index (χ0n) is 23.7. The molecule has 1 aromatic rings. The van der Waals surface area contributed by atoms with Crippen LogP contribution in [-0.2, 0) is 25.7 Å². The van der Waals surface area contributed by atoms with E-state index in [1.165, 1.54) is 46.9 Å². The van der Waals surface area contributed by atoms with Crippen LogP contribution in [0.2, 0.25) is 0 Å². The maximum absolute atomic E-state index is 13.7. The van der Waals surface area contributed by atoms with Crippen LogP contribution in [-0.4, -0.2) is 94.6 Å². The molecule has 5 heterocycles. The minimum absolute atomic E-state index is 0.0350. The van der Waals surface area contributed by atoms with Gasteiger partial charge in [-0.2, -0.15) is 0 Å². The summed E-state index contributed by atoms with van der Waals surface area (Å²) in [6, 6.07) is -0.540. The molecule has 5 aliphatic rings. The molecule has 0 bridgehead atoms. The molecule has 3 saturated heterocycles. The molecule has 1 saturated carbocycles. The SMILES string of the molecule is CC(CC(=O)Cn1cnnn1)[C@H]1C(=O)N2C(C(=O)O)=C(S[C@@H]3CN[C@H](C(=O)N4CCCC45CCCCC5)C3)[C@H](C)[C@H]12. The van der Waals surface area contributed by atoms with Crippen molar-refractivity contribution in [3.8, 4) is 0 Å². The Labute approximate surface area is 243 Å². The fraction of sp³-hybridized carbons (Fsp3) is 0.750.